The molecule has 0 saturated heterocycles. The van der Waals surface area contributed by atoms with Gasteiger partial charge in [0.1, 0.15) is 6.10 Å². The molecule has 0 bridgehead atoms. The molecular weight excluding hydrogens is 234 g/mol. The van der Waals surface area contributed by atoms with Crippen LogP contribution in [0.25, 0.3) is 0 Å². The number of benzene rings is 1. The Morgan fingerprint density at radius 3 is 2.50 bits per heavy atom. The first-order valence-corrected chi connectivity index (χ1v) is 6.05. The highest BCUT2D eigenvalue weighted by atomic mass is 16.6. The van der Waals surface area contributed by atoms with Gasteiger partial charge in [-0.3, -0.25) is 10.1 Å². The molecule has 1 aromatic rings. The average molecular weight is 249 g/mol. The number of nitro benzene ring substituents is 1. The molecule has 0 unspecified atom stereocenters. The molecule has 1 aromatic carbocycles. The Labute approximate surface area is 105 Å². The number of nitrogens with zero attached hydrogens (tertiary/aromatic N) is 1. The summed E-state index contributed by atoms with van der Waals surface area (Å²) in [4.78, 5) is 21.7. The molecule has 18 heavy (non-hydrogen) atoms. The van der Waals surface area contributed by atoms with Gasteiger partial charge in [-0.25, -0.2) is 4.79 Å². The molecule has 0 aliphatic heterocycles. The van der Waals surface area contributed by atoms with Crippen LogP contribution in [-0.2, 0) is 4.74 Å². The van der Waals surface area contributed by atoms with Crippen molar-refractivity contribution in [3.05, 3.63) is 39.9 Å². The first-order chi connectivity index (χ1) is 8.60. The lowest BCUT2D eigenvalue weighted by atomic mass is 9.80. The van der Waals surface area contributed by atoms with Crippen LogP contribution in [0.1, 0.15) is 36.5 Å². The highest BCUT2D eigenvalue weighted by Crippen LogP contribution is 2.32. The van der Waals surface area contributed by atoms with E-state index in [1.165, 1.54) is 24.3 Å². The van der Waals surface area contributed by atoms with Gasteiger partial charge in [0.2, 0.25) is 0 Å². The minimum absolute atomic E-state index is 0.0117. The number of esters is 1. The van der Waals surface area contributed by atoms with Gasteiger partial charge >= 0.3 is 5.97 Å². The van der Waals surface area contributed by atoms with E-state index in [1.54, 1.807) is 0 Å². The average Bonchev–Trinajstić information content (AvgIpc) is 2.33. The Kier molecular flexibility index (Phi) is 3.60. The third-order valence-corrected chi connectivity index (χ3v) is 3.36. The predicted octanol–water partition coefficient (Wildman–Crippen LogP) is 2.94. The first-order valence-electron chi connectivity index (χ1n) is 6.05. The maximum Gasteiger partial charge on any atom is 0.338 e. The third-order valence-electron chi connectivity index (χ3n) is 3.36. The number of rotatable bonds is 4. The van der Waals surface area contributed by atoms with E-state index in [2.05, 4.69) is 6.92 Å². The van der Waals surface area contributed by atoms with Crippen molar-refractivity contribution in [2.45, 2.75) is 32.3 Å². The van der Waals surface area contributed by atoms with Crippen molar-refractivity contribution < 1.29 is 14.5 Å². The van der Waals surface area contributed by atoms with E-state index < -0.39 is 10.9 Å². The van der Waals surface area contributed by atoms with Crippen LogP contribution in [0.5, 0.6) is 0 Å². The van der Waals surface area contributed by atoms with Crippen LogP contribution in [0.3, 0.4) is 0 Å². The van der Waals surface area contributed by atoms with Crippen molar-refractivity contribution in [2.75, 3.05) is 0 Å². The predicted molar refractivity (Wildman–Crippen MR) is 65.3 cm³/mol. The highest BCUT2D eigenvalue weighted by molar-refractivity contribution is 5.89. The zero-order valence-corrected chi connectivity index (χ0v) is 10.2. The van der Waals surface area contributed by atoms with Crippen molar-refractivity contribution in [1.29, 1.82) is 0 Å². The van der Waals surface area contributed by atoms with Crippen LogP contribution < -0.4 is 0 Å². The number of carbonyl (C=O) groups excluding carboxylic acids is 1. The fraction of sp³-hybridized carbons (Fsp3) is 0.462. The van der Waals surface area contributed by atoms with Crippen molar-refractivity contribution in [1.82, 2.24) is 0 Å². The Balaban J connectivity index is 1.91. The van der Waals surface area contributed by atoms with Crippen molar-refractivity contribution in [3.8, 4) is 0 Å². The van der Waals surface area contributed by atoms with Crippen LogP contribution in [0.2, 0.25) is 0 Å². The van der Waals surface area contributed by atoms with Gasteiger partial charge in [-0.1, -0.05) is 13.3 Å². The molecule has 0 heterocycles. The van der Waals surface area contributed by atoms with Gasteiger partial charge < -0.3 is 4.74 Å². The molecule has 5 heteroatoms. The molecule has 1 saturated carbocycles. The Morgan fingerprint density at radius 2 is 2.00 bits per heavy atom. The molecule has 5 nitrogen and oxygen atoms in total. The summed E-state index contributed by atoms with van der Waals surface area (Å²) in [5, 5.41) is 10.5. The van der Waals surface area contributed by atoms with Crippen molar-refractivity contribution in [3.63, 3.8) is 0 Å². The van der Waals surface area contributed by atoms with E-state index in [0.717, 1.165) is 19.3 Å². The SMILES string of the molecule is CCC1CC(OC(=O)c2ccc([N+](=O)[O-])cc2)C1. The highest BCUT2D eigenvalue weighted by Gasteiger charge is 2.30. The van der Waals surface area contributed by atoms with E-state index >= 15 is 0 Å². The molecule has 1 aliphatic rings. The van der Waals surface area contributed by atoms with E-state index in [-0.39, 0.29) is 11.8 Å². The van der Waals surface area contributed by atoms with E-state index in [9.17, 15) is 14.9 Å². The summed E-state index contributed by atoms with van der Waals surface area (Å²) in [7, 11) is 0. The maximum atomic E-state index is 11.7. The number of hydrogen-bond donors (Lipinski definition) is 0. The molecule has 1 aliphatic carbocycles. The van der Waals surface area contributed by atoms with Gasteiger partial charge in [0.05, 0.1) is 10.5 Å². The van der Waals surface area contributed by atoms with Crippen LogP contribution in [0.4, 0.5) is 5.69 Å². The van der Waals surface area contributed by atoms with Gasteiger partial charge in [0.15, 0.2) is 0 Å². The van der Waals surface area contributed by atoms with Gasteiger partial charge in [0.25, 0.3) is 5.69 Å². The normalized spacial score (nSPS) is 22.1. The fourth-order valence-electron chi connectivity index (χ4n) is 2.04. The number of nitro groups is 1. The van der Waals surface area contributed by atoms with Crippen LogP contribution >= 0.6 is 0 Å². The van der Waals surface area contributed by atoms with Gasteiger partial charge in [-0.05, 0) is 30.9 Å². The minimum Gasteiger partial charge on any atom is -0.459 e. The largest absolute Gasteiger partial charge is 0.459 e. The number of carbonyl (C=O) groups is 1. The lowest BCUT2D eigenvalue weighted by molar-refractivity contribution is -0.384. The molecule has 0 amide bonds. The summed E-state index contributed by atoms with van der Waals surface area (Å²) in [6, 6.07) is 5.48. The number of hydrogen-bond acceptors (Lipinski definition) is 4. The third kappa shape index (κ3) is 2.67. The summed E-state index contributed by atoms with van der Waals surface area (Å²) < 4.78 is 5.30. The zero-order chi connectivity index (χ0) is 13.1. The maximum absolute atomic E-state index is 11.7. The van der Waals surface area contributed by atoms with Gasteiger partial charge in [0, 0.05) is 12.1 Å². The van der Waals surface area contributed by atoms with E-state index in [0.29, 0.717) is 11.5 Å². The quantitative estimate of drug-likeness (QED) is 0.467. The standard InChI is InChI=1S/C13H15NO4/c1-2-9-7-12(8-9)18-13(15)10-3-5-11(6-4-10)14(16)17/h3-6,9,12H,2,7-8H2,1H3. The fourth-order valence-corrected chi connectivity index (χ4v) is 2.04. The minimum atomic E-state index is -0.493. The summed E-state index contributed by atoms with van der Waals surface area (Å²) in [5.74, 6) is 0.268. The Hall–Kier alpha value is -1.91. The summed E-state index contributed by atoms with van der Waals surface area (Å²) in [6.07, 6.45) is 2.98. The van der Waals surface area contributed by atoms with Crippen LogP contribution in [-0.4, -0.2) is 17.0 Å². The first kappa shape index (κ1) is 12.5. The lowest BCUT2D eigenvalue weighted by Crippen LogP contribution is -2.32. The summed E-state index contributed by atoms with van der Waals surface area (Å²) in [5.41, 5.74) is 0.335. The van der Waals surface area contributed by atoms with Crippen molar-refractivity contribution in [2.24, 2.45) is 5.92 Å². The topological polar surface area (TPSA) is 69.4 Å². The molecule has 0 N–H and O–H groups in total. The second-order valence-corrected chi connectivity index (χ2v) is 4.58. The second kappa shape index (κ2) is 5.16. The van der Waals surface area contributed by atoms with E-state index in [4.69, 9.17) is 4.74 Å². The lowest BCUT2D eigenvalue weighted by Gasteiger charge is -2.33. The molecular formula is C13H15NO4. The summed E-state index contributed by atoms with van der Waals surface area (Å²) in [6.45, 7) is 2.12. The molecule has 96 valence electrons. The Morgan fingerprint density at radius 1 is 1.39 bits per heavy atom. The van der Waals surface area contributed by atoms with Crippen molar-refractivity contribution >= 4 is 11.7 Å². The molecule has 0 atom stereocenters. The number of ether oxygens (including phenoxy) is 1. The van der Waals surface area contributed by atoms with E-state index in [1.807, 2.05) is 0 Å². The number of non-ortho nitro benzene ring substituents is 1. The molecule has 0 spiro atoms. The second-order valence-electron chi connectivity index (χ2n) is 4.58. The molecule has 0 aromatic heterocycles. The molecule has 2 rings (SSSR count). The monoisotopic (exact) mass is 249 g/mol. The Bertz CT molecular complexity index is 449. The van der Waals surface area contributed by atoms with Gasteiger partial charge in [-0.2, -0.15) is 0 Å². The summed E-state index contributed by atoms with van der Waals surface area (Å²) >= 11 is 0. The van der Waals surface area contributed by atoms with Gasteiger partial charge in [-0.15, -0.1) is 0 Å². The molecule has 0 radical (unpaired) electrons. The van der Waals surface area contributed by atoms with Crippen LogP contribution in [0, 0.1) is 16.0 Å². The molecule has 1 fully saturated rings. The zero-order valence-electron chi connectivity index (χ0n) is 10.2. The smallest absolute Gasteiger partial charge is 0.338 e. The van der Waals surface area contributed by atoms with Crippen LogP contribution in [0.15, 0.2) is 24.3 Å².